The average Bonchev–Trinajstić information content (AvgIpc) is 2.77. The molecule has 3 aromatic rings. The summed E-state index contributed by atoms with van der Waals surface area (Å²) in [7, 11) is 1.62. The first-order valence-electron chi connectivity index (χ1n) is 9.40. The summed E-state index contributed by atoms with van der Waals surface area (Å²) in [5.74, 6) is 0.538. The molecule has 0 saturated carbocycles. The van der Waals surface area contributed by atoms with E-state index in [1.54, 1.807) is 25.3 Å². The summed E-state index contributed by atoms with van der Waals surface area (Å²) in [5.41, 5.74) is 3.15. The lowest BCUT2D eigenvalue weighted by Gasteiger charge is -2.21. The van der Waals surface area contributed by atoms with E-state index in [1.807, 2.05) is 60.7 Å². The molecule has 2 N–H and O–H groups in total. The predicted molar refractivity (Wildman–Crippen MR) is 114 cm³/mol. The lowest BCUT2D eigenvalue weighted by Crippen LogP contribution is -2.34. The van der Waals surface area contributed by atoms with Crippen molar-refractivity contribution in [3.8, 4) is 5.75 Å². The molecule has 0 spiro atoms. The highest BCUT2D eigenvalue weighted by Gasteiger charge is 2.17. The Hall–Kier alpha value is -3.60. The number of nitrogens with one attached hydrogen (secondary N) is 2. The molecule has 5 heteroatoms. The molecule has 0 saturated heterocycles. The third kappa shape index (κ3) is 5.23. The Bertz CT molecular complexity index is 969. The van der Waals surface area contributed by atoms with Gasteiger partial charge in [-0.05, 0) is 42.3 Å². The van der Waals surface area contributed by atoms with Gasteiger partial charge in [-0.1, -0.05) is 54.6 Å². The molecule has 1 amide bonds. The van der Waals surface area contributed by atoms with Crippen molar-refractivity contribution in [1.29, 1.82) is 0 Å². The van der Waals surface area contributed by atoms with Crippen LogP contribution in [0.3, 0.4) is 0 Å². The molecule has 0 aliphatic heterocycles. The van der Waals surface area contributed by atoms with Gasteiger partial charge in [0.05, 0.1) is 19.7 Å². The third-order valence-electron chi connectivity index (χ3n) is 4.63. The van der Waals surface area contributed by atoms with Gasteiger partial charge < -0.3 is 15.4 Å². The second-order valence-corrected chi connectivity index (χ2v) is 6.64. The van der Waals surface area contributed by atoms with Crippen LogP contribution in [-0.4, -0.2) is 25.3 Å². The molecule has 0 heterocycles. The number of ketones is 1. The Morgan fingerprint density at radius 1 is 0.862 bits per heavy atom. The number of rotatable bonds is 8. The molecule has 29 heavy (non-hydrogen) atoms. The number of para-hydroxylation sites is 1. The molecule has 148 valence electrons. The Balaban J connectivity index is 1.75. The maximum Gasteiger partial charge on any atom is 0.240 e. The van der Waals surface area contributed by atoms with E-state index in [0.717, 1.165) is 16.9 Å². The van der Waals surface area contributed by atoms with Gasteiger partial charge in [0.25, 0.3) is 0 Å². The van der Waals surface area contributed by atoms with Crippen LogP contribution in [0.1, 0.15) is 34.5 Å². The van der Waals surface area contributed by atoms with Crippen LogP contribution in [-0.2, 0) is 4.79 Å². The number of benzene rings is 3. The molecule has 3 rings (SSSR count). The van der Waals surface area contributed by atoms with E-state index in [0.29, 0.717) is 11.3 Å². The fraction of sp³-hybridized carbons (Fsp3) is 0.167. The minimum atomic E-state index is -0.292. The molecule has 1 atom stereocenters. The summed E-state index contributed by atoms with van der Waals surface area (Å²) in [4.78, 5) is 24.5. The molecule has 0 fully saturated rings. The van der Waals surface area contributed by atoms with Crippen molar-refractivity contribution in [2.75, 3.05) is 19.0 Å². The topological polar surface area (TPSA) is 67.4 Å². The van der Waals surface area contributed by atoms with Gasteiger partial charge in [-0.2, -0.15) is 0 Å². The van der Waals surface area contributed by atoms with Gasteiger partial charge in [0, 0.05) is 11.3 Å². The van der Waals surface area contributed by atoms with Crippen LogP contribution in [0.15, 0.2) is 78.9 Å². The number of hydrogen-bond acceptors (Lipinski definition) is 4. The number of amides is 1. The normalized spacial score (nSPS) is 11.4. The van der Waals surface area contributed by atoms with E-state index in [9.17, 15) is 9.59 Å². The van der Waals surface area contributed by atoms with E-state index in [4.69, 9.17) is 4.74 Å². The van der Waals surface area contributed by atoms with Gasteiger partial charge in [0.15, 0.2) is 5.78 Å². The van der Waals surface area contributed by atoms with E-state index in [2.05, 4.69) is 10.6 Å². The molecule has 5 nitrogen and oxygen atoms in total. The van der Waals surface area contributed by atoms with Crippen LogP contribution in [0, 0.1) is 0 Å². The van der Waals surface area contributed by atoms with Crippen LogP contribution < -0.4 is 15.4 Å². The Labute approximate surface area is 170 Å². The van der Waals surface area contributed by atoms with Gasteiger partial charge in [-0.3, -0.25) is 9.59 Å². The second kappa shape index (κ2) is 9.55. The molecule has 0 aromatic heterocycles. The van der Waals surface area contributed by atoms with Crippen LogP contribution >= 0.6 is 0 Å². The van der Waals surface area contributed by atoms with Gasteiger partial charge in [0.1, 0.15) is 5.75 Å². The van der Waals surface area contributed by atoms with E-state index in [1.165, 1.54) is 6.92 Å². The number of Topliss-reactive ketones (excluding diaryl/α,β-unsaturated/α-hetero) is 1. The first-order valence-corrected chi connectivity index (χ1v) is 9.40. The first kappa shape index (κ1) is 20.1. The molecular formula is C24H24N2O3. The fourth-order valence-corrected chi connectivity index (χ4v) is 3.13. The lowest BCUT2D eigenvalue weighted by molar-refractivity contribution is -0.119. The van der Waals surface area contributed by atoms with Crippen molar-refractivity contribution in [3.05, 3.63) is 95.6 Å². The summed E-state index contributed by atoms with van der Waals surface area (Å²) in [6, 6.07) is 24.3. The molecule has 3 aromatic carbocycles. The highest BCUT2D eigenvalue weighted by Crippen LogP contribution is 2.24. The standard InChI is InChI=1S/C24H24N2O3/c1-17(27)21-10-6-7-11-22(21)25-16-23(28)26-24(18-8-4-3-5-9-18)19-12-14-20(29-2)15-13-19/h3-15,24-25H,16H2,1-2H3,(H,26,28)/t24-/m1/s1. The number of anilines is 1. The zero-order valence-electron chi connectivity index (χ0n) is 16.5. The van der Waals surface area contributed by atoms with Crippen LogP contribution in [0.25, 0.3) is 0 Å². The summed E-state index contributed by atoms with van der Waals surface area (Å²) >= 11 is 0. The SMILES string of the molecule is COc1ccc([C@H](NC(=O)CNc2ccccc2C(C)=O)c2ccccc2)cc1. The molecule has 0 aliphatic rings. The largest absolute Gasteiger partial charge is 0.497 e. The number of carbonyl (C=O) groups excluding carboxylic acids is 2. The zero-order chi connectivity index (χ0) is 20.6. The summed E-state index contributed by atoms with van der Waals surface area (Å²) in [5, 5.41) is 6.15. The number of hydrogen-bond donors (Lipinski definition) is 2. The van der Waals surface area contributed by atoms with E-state index >= 15 is 0 Å². The molecular weight excluding hydrogens is 364 g/mol. The fourth-order valence-electron chi connectivity index (χ4n) is 3.13. The monoisotopic (exact) mass is 388 g/mol. The summed E-state index contributed by atoms with van der Waals surface area (Å²) in [6.45, 7) is 1.57. The van der Waals surface area contributed by atoms with Crippen LogP contribution in [0.5, 0.6) is 5.75 Å². The number of methoxy groups -OCH3 is 1. The van der Waals surface area contributed by atoms with Crippen molar-refractivity contribution in [1.82, 2.24) is 5.32 Å². The molecule has 0 radical (unpaired) electrons. The van der Waals surface area contributed by atoms with Crippen LogP contribution in [0.4, 0.5) is 5.69 Å². The maximum absolute atomic E-state index is 12.7. The lowest BCUT2D eigenvalue weighted by atomic mass is 9.98. The van der Waals surface area contributed by atoms with Crippen molar-refractivity contribution in [2.45, 2.75) is 13.0 Å². The highest BCUT2D eigenvalue weighted by atomic mass is 16.5. The smallest absolute Gasteiger partial charge is 0.240 e. The van der Waals surface area contributed by atoms with Crippen molar-refractivity contribution in [3.63, 3.8) is 0 Å². The van der Waals surface area contributed by atoms with Crippen molar-refractivity contribution >= 4 is 17.4 Å². The van der Waals surface area contributed by atoms with E-state index in [-0.39, 0.29) is 24.3 Å². The highest BCUT2D eigenvalue weighted by molar-refractivity contribution is 6.00. The number of carbonyl (C=O) groups is 2. The predicted octanol–water partition coefficient (Wildman–Crippen LogP) is 4.22. The Kier molecular flexibility index (Phi) is 6.63. The molecule has 0 unspecified atom stereocenters. The van der Waals surface area contributed by atoms with Crippen molar-refractivity contribution < 1.29 is 14.3 Å². The second-order valence-electron chi connectivity index (χ2n) is 6.64. The minimum absolute atomic E-state index is 0.0473. The maximum atomic E-state index is 12.7. The average molecular weight is 388 g/mol. The van der Waals surface area contributed by atoms with E-state index < -0.39 is 0 Å². The first-order chi connectivity index (χ1) is 14.1. The third-order valence-corrected chi connectivity index (χ3v) is 4.63. The van der Waals surface area contributed by atoms with Gasteiger partial charge in [0.2, 0.25) is 5.91 Å². The van der Waals surface area contributed by atoms with Gasteiger partial charge >= 0.3 is 0 Å². The quantitative estimate of drug-likeness (QED) is 0.567. The Morgan fingerprint density at radius 3 is 2.14 bits per heavy atom. The minimum Gasteiger partial charge on any atom is -0.497 e. The number of ether oxygens (including phenoxy) is 1. The van der Waals surface area contributed by atoms with Crippen LogP contribution in [0.2, 0.25) is 0 Å². The van der Waals surface area contributed by atoms with Crippen molar-refractivity contribution in [2.24, 2.45) is 0 Å². The van der Waals surface area contributed by atoms with Gasteiger partial charge in [-0.15, -0.1) is 0 Å². The zero-order valence-corrected chi connectivity index (χ0v) is 16.5. The summed E-state index contributed by atoms with van der Waals surface area (Å²) in [6.07, 6.45) is 0. The molecule has 0 aliphatic carbocycles. The van der Waals surface area contributed by atoms with Gasteiger partial charge in [-0.25, -0.2) is 0 Å². The summed E-state index contributed by atoms with van der Waals surface area (Å²) < 4.78 is 5.23. The molecule has 0 bridgehead atoms. The Morgan fingerprint density at radius 2 is 1.48 bits per heavy atom.